The third-order valence-electron chi connectivity index (χ3n) is 3.86. The Balaban J connectivity index is 1.74. The third-order valence-corrected chi connectivity index (χ3v) is 6.30. The lowest BCUT2D eigenvalue weighted by molar-refractivity contribution is -0.138. The number of amides is 2. The van der Waals surface area contributed by atoms with Crippen molar-refractivity contribution < 1.29 is 9.59 Å². The molecule has 2 saturated heterocycles. The van der Waals surface area contributed by atoms with Gasteiger partial charge in [0.1, 0.15) is 11.9 Å². The first kappa shape index (κ1) is 13.9. The molecule has 0 radical (unpaired) electrons. The highest BCUT2D eigenvalue weighted by molar-refractivity contribution is 8.00. The van der Waals surface area contributed by atoms with Gasteiger partial charge >= 0.3 is 0 Å². The Hall–Kier alpha value is -1.01. The number of hydrogen-bond acceptors (Lipinski definition) is 4. The summed E-state index contributed by atoms with van der Waals surface area (Å²) in [4.78, 5) is 29.2. The maximum absolute atomic E-state index is 12.3. The fraction of sp³-hybridized carbons (Fsp3) is 0.571. The number of likely N-dealkylation sites (tertiary alicyclic amines) is 1. The molecule has 0 aromatic carbocycles. The standard InChI is InChI=1S/C14H18N2O2S2/c1-10-4-7-19-13(10)14-16(12(18)9-20-14)8-11(17)15-5-2-3-6-15/h4,7,14H,2-3,5-6,8-9H2,1H3/t14-/m0/s1. The van der Waals surface area contributed by atoms with Crippen molar-refractivity contribution in [1.82, 2.24) is 9.80 Å². The zero-order valence-corrected chi connectivity index (χ0v) is 13.1. The van der Waals surface area contributed by atoms with E-state index in [0.717, 1.165) is 25.9 Å². The average Bonchev–Trinajstić information content (AvgIpc) is 3.13. The first-order chi connectivity index (χ1) is 9.66. The van der Waals surface area contributed by atoms with E-state index in [1.54, 1.807) is 28.0 Å². The van der Waals surface area contributed by atoms with Gasteiger partial charge in [0.05, 0.1) is 5.75 Å². The van der Waals surface area contributed by atoms with Gasteiger partial charge in [-0.1, -0.05) is 0 Å². The van der Waals surface area contributed by atoms with E-state index in [1.165, 1.54) is 10.4 Å². The Morgan fingerprint density at radius 2 is 2.15 bits per heavy atom. The van der Waals surface area contributed by atoms with Crippen LogP contribution < -0.4 is 0 Å². The van der Waals surface area contributed by atoms with Crippen LogP contribution >= 0.6 is 23.1 Å². The van der Waals surface area contributed by atoms with Crippen LogP contribution in [0.5, 0.6) is 0 Å². The number of thiophene rings is 1. The van der Waals surface area contributed by atoms with Gasteiger partial charge in [-0.05, 0) is 36.8 Å². The summed E-state index contributed by atoms with van der Waals surface area (Å²) < 4.78 is 0. The highest BCUT2D eigenvalue weighted by Crippen LogP contribution is 2.42. The van der Waals surface area contributed by atoms with Gasteiger partial charge in [-0.15, -0.1) is 23.1 Å². The molecular formula is C14H18N2O2S2. The molecule has 0 N–H and O–H groups in total. The quantitative estimate of drug-likeness (QED) is 0.860. The van der Waals surface area contributed by atoms with Gasteiger partial charge in [0.15, 0.2) is 0 Å². The van der Waals surface area contributed by atoms with Crippen LogP contribution in [0.2, 0.25) is 0 Å². The highest BCUT2D eigenvalue weighted by atomic mass is 32.2. The predicted molar refractivity (Wildman–Crippen MR) is 81.8 cm³/mol. The van der Waals surface area contributed by atoms with Crippen molar-refractivity contribution in [1.29, 1.82) is 0 Å². The van der Waals surface area contributed by atoms with Crippen molar-refractivity contribution in [2.45, 2.75) is 25.1 Å². The number of thioether (sulfide) groups is 1. The van der Waals surface area contributed by atoms with Crippen LogP contribution in [0.25, 0.3) is 0 Å². The smallest absolute Gasteiger partial charge is 0.242 e. The van der Waals surface area contributed by atoms with Crippen molar-refractivity contribution in [2.24, 2.45) is 0 Å². The molecule has 0 saturated carbocycles. The monoisotopic (exact) mass is 310 g/mol. The first-order valence-electron chi connectivity index (χ1n) is 6.89. The highest BCUT2D eigenvalue weighted by Gasteiger charge is 2.36. The van der Waals surface area contributed by atoms with Crippen LogP contribution in [0, 0.1) is 6.92 Å². The molecule has 1 aromatic rings. The van der Waals surface area contributed by atoms with Crippen molar-refractivity contribution in [3.63, 3.8) is 0 Å². The molecule has 20 heavy (non-hydrogen) atoms. The zero-order chi connectivity index (χ0) is 14.1. The molecule has 6 heteroatoms. The van der Waals surface area contributed by atoms with Crippen molar-refractivity contribution in [3.8, 4) is 0 Å². The summed E-state index contributed by atoms with van der Waals surface area (Å²) in [5.41, 5.74) is 1.21. The van der Waals surface area contributed by atoms with Gasteiger partial charge < -0.3 is 9.80 Å². The molecule has 2 aliphatic heterocycles. The number of hydrogen-bond donors (Lipinski definition) is 0. The van der Waals surface area contributed by atoms with E-state index in [4.69, 9.17) is 0 Å². The maximum Gasteiger partial charge on any atom is 0.242 e. The molecule has 1 atom stereocenters. The Bertz CT molecular complexity index is 523. The number of rotatable bonds is 3. The molecule has 0 spiro atoms. The van der Waals surface area contributed by atoms with Crippen LogP contribution in [-0.2, 0) is 9.59 Å². The second kappa shape index (κ2) is 5.77. The molecule has 4 nitrogen and oxygen atoms in total. The Kier molecular flexibility index (Phi) is 4.03. The molecule has 0 unspecified atom stereocenters. The van der Waals surface area contributed by atoms with Crippen LogP contribution in [-0.4, -0.2) is 47.0 Å². The minimum atomic E-state index is 0.0223. The van der Waals surface area contributed by atoms with Crippen LogP contribution in [0.15, 0.2) is 11.4 Å². The van der Waals surface area contributed by atoms with Crippen LogP contribution in [0.1, 0.15) is 28.7 Å². The van der Waals surface area contributed by atoms with E-state index in [1.807, 2.05) is 4.90 Å². The summed E-state index contributed by atoms with van der Waals surface area (Å²) in [6.45, 7) is 3.98. The van der Waals surface area contributed by atoms with Gasteiger partial charge in [0.2, 0.25) is 11.8 Å². The lowest BCUT2D eigenvalue weighted by Crippen LogP contribution is -2.40. The molecule has 3 rings (SSSR count). The normalized spacial score (nSPS) is 22.9. The van der Waals surface area contributed by atoms with E-state index in [-0.39, 0.29) is 23.7 Å². The van der Waals surface area contributed by atoms with Gasteiger partial charge in [0, 0.05) is 18.0 Å². The van der Waals surface area contributed by atoms with E-state index >= 15 is 0 Å². The number of nitrogens with zero attached hydrogens (tertiary/aromatic N) is 2. The van der Waals surface area contributed by atoms with Crippen LogP contribution in [0.4, 0.5) is 0 Å². The minimum Gasteiger partial charge on any atom is -0.341 e. The van der Waals surface area contributed by atoms with Gasteiger partial charge in [-0.25, -0.2) is 0 Å². The zero-order valence-electron chi connectivity index (χ0n) is 11.5. The molecular weight excluding hydrogens is 292 g/mol. The lowest BCUT2D eigenvalue weighted by atomic mass is 10.2. The molecule has 108 valence electrons. The summed E-state index contributed by atoms with van der Waals surface area (Å²) in [6, 6.07) is 2.07. The summed E-state index contributed by atoms with van der Waals surface area (Å²) in [5, 5.41) is 2.07. The topological polar surface area (TPSA) is 40.6 Å². The number of carbonyl (C=O) groups excluding carboxylic acids is 2. The molecule has 2 fully saturated rings. The average molecular weight is 310 g/mol. The summed E-state index contributed by atoms with van der Waals surface area (Å²) in [5.74, 6) is 0.660. The molecule has 0 bridgehead atoms. The first-order valence-corrected chi connectivity index (χ1v) is 8.82. The molecule has 1 aromatic heterocycles. The lowest BCUT2D eigenvalue weighted by Gasteiger charge is -2.25. The van der Waals surface area contributed by atoms with E-state index in [2.05, 4.69) is 18.4 Å². The fourth-order valence-corrected chi connectivity index (χ4v) is 5.15. The SMILES string of the molecule is Cc1ccsc1[C@@H]1SCC(=O)N1CC(=O)N1CCCC1. The summed E-state index contributed by atoms with van der Waals surface area (Å²) in [7, 11) is 0. The predicted octanol–water partition coefficient (Wildman–Crippen LogP) is 2.25. The number of carbonyl (C=O) groups is 2. The van der Waals surface area contributed by atoms with Crippen molar-refractivity contribution in [2.75, 3.05) is 25.4 Å². The van der Waals surface area contributed by atoms with E-state index in [9.17, 15) is 9.59 Å². The second-order valence-corrected chi connectivity index (χ2v) is 7.26. The van der Waals surface area contributed by atoms with Crippen LogP contribution in [0.3, 0.4) is 0 Å². The van der Waals surface area contributed by atoms with Crippen molar-refractivity contribution in [3.05, 3.63) is 21.9 Å². The Labute approximate surface area is 127 Å². The summed E-state index contributed by atoms with van der Waals surface area (Å²) in [6.07, 6.45) is 2.17. The maximum atomic E-state index is 12.3. The third kappa shape index (κ3) is 2.59. The molecule has 2 aliphatic rings. The molecule has 2 amide bonds. The Morgan fingerprint density at radius 1 is 1.40 bits per heavy atom. The fourth-order valence-electron chi connectivity index (χ4n) is 2.69. The number of aryl methyl sites for hydroxylation is 1. The largest absolute Gasteiger partial charge is 0.341 e. The van der Waals surface area contributed by atoms with Gasteiger partial charge in [-0.2, -0.15) is 0 Å². The minimum absolute atomic E-state index is 0.0223. The molecule has 3 heterocycles. The van der Waals surface area contributed by atoms with E-state index in [0.29, 0.717) is 5.75 Å². The van der Waals surface area contributed by atoms with Gasteiger partial charge in [-0.3, -0.25) is 9.59 Å². The van der Waals surface area contributed by atoms with Gasteiger partial charge in [0.25, 0.3) is 0 Å². The molecule has 0 aliphatic carbocycles. The van der Waals surface area contributed by atoms with E-state index < -0.39 is 0 Å². The Morgan fingerprint density at radius 3 is 2.80 bits per heavy atom. The second-order valence-electron chi connectivity index (χ2n) is 5.24. The van der Waals surface area contributed by atoms with Crippen molar-refractivity contribution >= 4 is 34.9 Å². The summed E-state index contributed by atoms with van der Waals surface area (Å²) >= 11 is 3.30.